The van der Waals surface area contributed by atoms with Gasteiger partial charge in [-0.25, -0.2) is 0 Å². The molecular weight excluding hydrogens is 276 g/mol. The minimum absolute atomic E-state index is 0.331. The summed E-state index contributed by atoms with van der Waals surface area (Å²) in [5.41, 5.74) is 1.37. The van der Waals surface area contributed by atoms with Crippen LogP contribution in [-0.4, -0.2) is 54.5 Å². The molecule has 3 N–H and O–H groups in total. The molecule has 0 spiro atoms. The number of likely N-dealkylation sites (tertiary alicyclic amines) is 1. The van der Waals surface area contributed by atoms with Gasteiger partial charge < -0.3 is 15.5 Å². The van der Waals surface area contributed by atoms with Crippen molar-refractivity contribution in [2.75, 3.05) is 39.4 Å². The molecule has 4 nitrogen and oxygen atoms in total. The summed E-state index contributed by atoms with van der Waals surface area (Å²) in [5.74, 6) is 1.02. The van der Waals surface area contributed by atoms with Crippen LogP contribution in [0.1, 0.15) is 31.4 Å². The maximum Gasteiger partial charge on any atom is 0.0471 e. The van der Waals surface area contributed by atoms with Gasteiger partial charge in [0.15, 0.2) is 0 Å². The topological polar surface area (TPSA) is 55.7 Å². The molecule has 2 heterocycles. The molecule has 3 atom stereocenters. The fraction of sp³-hybridized carbons (Fsp3) is 0.667. The Morgan fingerprint density at radius 1 is 1.14 bits per heavy atom. The number of aliphatic hydroxyl groups is 2. The Bertz CT molecular complexity index is 407. The first-order valence-electron chi connectivity index (χ1n) is 8.46. The van der Waals surface area contributed by atoms with E-state index in [1.807, 2.05) is 0 Å². The number of hydrogen-bond acceptors (Lipinski definition) is 4. The second-order valence-corrected chi connectivity index (χ2v) is 6.46. The minimum Gasteiger partial charge on any atom is -0.396 e. The Labute approximate surface area is 134 Å². The van der Waals surface area contributed by atoms with Gasteiger partial charge in [0, 0.05) is 32.3 Å². The number of nitrogens with zero attached hydrogens (tertiary/aromatic N) is 1. The Hall–Kier alpha value is -0.940. The molecule has 2 saturated heterocycles. The Morgan fingerprint density at radius 3 is 2.36 bits per heavy atom. The van der Waals surface area contributed by atoms with Crippen LogP contribution in [0.5, 0.6) is 0 Å². The van der Waals surface area contributed by atoms with E-state index in [1.54, 1.807) is 0 Å². The number of aliphatic hydroxyl groups excluding tert-OH is 2. The molecule has 124 valence electrons. The molecule has 2 fully saturated rings. The van der Waals surface area contributed by atoms with E-state index >= 15 is 0 Å². The maximum absolute atomic E-state index is 9.11. The zero-order chi connectivity index (χ0) is 15.8. The average molecular weight is 306 g/mol. The number of rotatable bonds is 4. The van der Waals surface area contributed by atoms with Crippen LogP contribution in [0.15, 0.2) is 30.3 Å². The molecule has 0 amide bonds. The van der Waals surface area contributed by atoms with Gasteiger partial charge in [-0.05, 0) is 50.3 Å². The summed E-state index contributed by atoms with van der Waals surface area (Å²) in [6.45, 7) is 7.18. The lowest BCUT2D eigenvalue weighted by molar-refractivity contribution is 0.204. The first kappa shape index (κ1) is 17.4. The fourth-order valence-electron chi connectivity index (χ4n) is 3.18. The van der Waals surface area contributed by atoms with Gasteiger partial charge in [0.25, 0.3) is 0 Å². The number of nitrogens with one attached hydrogen (secondary N) is 1. The van der Waals surface area contributed by atoms with Crippen LogP contribution >= 0.6 is 0 Å². The van der Waals surface area contributed by atoms with Crippen molar-refractivity contribution in [3.63, 3.8) is 0 Å². The van der Waals surface area contributed by atoms with Crippen molar-refractivity contribution in [3.8, 4) is 0 Å². The van der Waals surface area contributed by atoms with Gasteiger partial charge in [-0.1, -0.05) is 30.3 Å². The molecule has 1 aromatic carbocycles. The second kappa shape index (κ2) is 9.26. The van der Waals surface area contributed by atoms with Gasteiger partial charge in [0.1, 0.15) is 0 Å². The molecule has 0 bridgehead atoms. The maximum atomic E-state index is 9.11. The van der Waals surface area contributed by atoms with Gasteiger partial charge in [0.05, 0.1) is 0 Å². The van der Waals surface area contributed by atoms with Crippen molar-refractivity contribution in [1.82, 2.24) is 10.2 Å². The minimum atomic E-state index is 0.331. The van der Waals surface area contributed by atoms with Crippen LogP contribution < -0.4 is 5.32 Å². The molecule has 2 aliphatic heterocycles. The zero-order valence-electron chi connectivity index (χ0n) is 13.6. The van der Waals surface area contributed by atoms with Crippen LogP contribution in [-0.2, 0) is 0 Å². The van der Waals surface area contributed by atoms with Crippen molar-refractivity contribution in [2.45, 2.75) is 25.8 Å². The first-order valence-corrected chi connectivity index (χ1v) is 8.46. The van der Waals surface area contributed by atoms with Gasteiger partial charge in [0.2, 0.25) is 0 Å². The van der Waals surface area contributed by atoms with Gasteiger partial charge in [-0.2, -0.15) is 0 Å². The van der Waals surface area contributed by atoms with Gasteiger partial charge in [-0.3, -0.25) is 4.90 Å². The van der Waals surface area contributed by atoms with E-state index in [1.165, 1.54) is 5.56 Å². The quantitative estimate of drug-likeness (QED) is 0.792. The molecule has 0 saturated carbocycles. The van der Waals surface area contributed by atoms with E-state index in [4.69, 9.17) is 10.2 Å². The molecule has 0 unspecified atom stereocenters. The van der Waals surface area contributed by atoms with Crippen molar-refractivity contribution in [2.24, 2.45) is 11.8 Å². The Morgan fingerprint density at radius 2 is 1.86 bits per heavy atom. The number of benzene rings is 1. The SMILES string of the molecule is C[C@H](c1ccccc1)N1CC[C@@H](CO)C1.OC[C@@H]1CCNC1. The molecule has 0 aromatic heterocycles. The third-order valence-electron chi connectivity index (χ3n) is 4.83. The molecular formula is C18H30N2O2. The van der Waals surface area contributed by atoms with Gasteiger partial charge in [-0.15, -0.1) is 0 Å². The third kappa shape index (κ3) is 5.06. The highest BCUT2D eigenvalue weighted by atomic mass is 16.3. The largest absolute Gasteiger partial charge is 0.396 e. The van der Waals surface area contributed by atoms with Crippen LogP contribution in [0.4, 0.5) is 0 Å². The smallest absolute Gasteiger partial charge is 0.0471 e. The van der Waals surface area contributed by atoms with Crippen LogP contribution in [0.3, 0.4) is 0 Å². The summed E-state index contributed by atoms with van der Waals surface area (Å²) in [6.07, 6.45) is 2.28. The molecule has 22 heavy (non-hydrogen) atoms. The Kier molecular flexibility index (Phi) is 7.33. The van der Waals surface area contributed by atoms with Crippen molar-refractivity contribution in [3.05, 3.63) is 35.9 Å². The van der Waals surface area contributed by atoms with E-state index in [0.29, 0.717) is 31.1 Å². The zero-order valence-corrected chi connectivity index (χ0v) is 13.6. The lowest BCUT2D eigenvalue weighted by atomic mass is 10.1. The second-order valence-electron chi connectivity index (χ2n) is 6.46. The van der Waals surface area contributed by atoms with E-state index in [0.717, 1.165) is 39.0 Å². The lowest BCUT2D eigenvalue weighted by Gasteiger charge is -2.24. The highest BCUT2D eigenvalue weighted by Crippen LogP contribution is 2.26. The molecule has 1 aromatic rings. The molecule has 0 aliphatic carbocycles. The summed E-state index contributed by atoms with van der Waals surface area (Å²) >= 11 is 0. The van der Waals surface area contributed by atoms with E-state index in [9.17, 15) is 0 Å². The van der Waals surface area contributed by atoms with E-state index in [-0.39, 0.29) is 0 Å². The highest BCUT2D eigenvalue weighted by Gasteiger charge is 2.25. The fourth-order valence-corrected chi connectivity index (χ4v) is 3.18. The standard InChI is InChI=1S/C13H19NO.C5H11NO/c1-11(13-5-3-2-4-6-13)14-8-7-12(9-14)10-15;7-4-5-1-2-6-3-5/h2-6,11-12,15H,7-10H2,1H3;5-7H,1-4H2/t11-,12-;5-/m11/s1. The third-order valence-corrected chi connectivity index (χ3v) is 4.83. The van der Waals surface area contributed by atoms with E-state index < -0.39 is 0 Å². The molecule has 0 radical (unpaired) electrons. The monoisotopic (exact) mass is 306 g/mol. The van der Waals surface area contributed by atoms with Crippen molar-refractivity contribution in [1.29, 1.82) is 0 Å². The summed E-state index contributed by atoms with van der Waals surface area (Å²) in [7, 11) is 0. The van der Waals surface area contributed by atoms with Crippen LogP contribution in [0.25, 0.3) is 0 Å². The highest BCUT2D eigenvalue weighted by molar-refractivity contribution is 5.18. The summed E-state index contributed by atoms with van der Waals surface area (Å²) in [5, 5.41) is 20.8. The van der Waals surface area contributed by atoms with Crippen molar-refractivity contribution < 1.29 is 10.2 Å². The van der Waals surface area contributed by atoms with Crippen molar-refractivity contribution >= 4 is 0 Å². The molecule has 2 aliphatic rings. The summed E-state index contributed by atoms with van der Waals surface area (Å²) in [6, 6.07) is 11.1. The average Bonchev–Trinajstić information content (AvgIpc) is 3.26. The van der Waals surface area contributed by atoms with Crippen LogP contribution in [0, 0.1) is 11.8 Å². The number of hydrogen-bond donors (Lipinski definition) is 3. The Balaban J connectivity index is 0.000000211. The molecule has 4 heteroatoms. The lowest BCUT2D eigenvalue weighted by Crippen LogP contribution is -2.25. The summed E-state index contributed by atoms with van der Waals surface area (Å²) < 4.78 is 0. The normalized spacial score (nSPS) is 26.5. The van der Waals surface area contributed by atoms with E-state index in [2.05, 4.69) is 47.5 Å². The predicted molar refractivity (Wildman–Crippen MR) is 89.7 cm³/mol. The first-order chi connectivity index (χ1) is 10.7. The predicted octanol–water partition coefficient (Wildman–Crippen LogP) is 1.65. The van der Waals surface area contributed by atoms with Crippen LogP contribution in [0.2, 0.25) is 0 Å². The van der Waals surface area contributed by atoms with Gasteiger partial charge >= 0.3 is 0 Å². The summed E-state index contributed by atoms with van der Waals surface area (Å²) in [4.78, 5) is 2.45. The molecule has 3 rings (SSSR count).